The number of pyridine rings is 1. The van der Waals surface area contributed by atoms with Crippen LogP contribution in [-0.4, -0.2) is 22.2 Å². The van der Waals surface area contributed by atoms with E-state index in [4.69, 9.17) is 0 Å². The van der Waals surface area contributed by atoms with Crippen molar-refractivity contribution in [3.8, 4) is 0 Å². The predicted molar refractivity (Wildman–Crippen MR) is 70.5 cm³/mol. The highest BCUT2D eigenvalue weighted by Gasteiger charge is 2.26. The third kappa shape index (κ3) is 3.76. The summed E-state index contributed by atoms with van der Waals surface area (Å²) in [6, 6.07) is 3.81. The minimum absolute atomic E-state index is 0.260. The van der Waals surface area contributed by atoms with Crippen LogP contribution in [0.3, 0.4) is 0 Å². The lowest BCUT2D eigenvalue weighted by Crippen LogP contribution is -2.40. The van der Waals surface area contributed by atoms with Crippen molar-refractivity contribution in [2.24, 2.45) is 5.92 Å². The van der Waals surface area contributed by atoms with Gasteiger partial charge in [-0.05, 0) is 40.9 Å². The molecule has 4 heteroatoms. The fourth-order valence-electron chi connectivity index (χ4n) is 1.36. The highest BCUT2D eigenvalue weighted by Crippen LogP contribution is 2.20. The average Bonchev–Trinajstić information content (AvgIpc) is 2.27. The Labute approximate surface area is 105 Å². The lowest BCUT2D eigenvalue weighted by atomic mass is 9.89. The minimum atomic E-state index is -0.705. The second kappa shape index (κ2) is 5.64. The smallest absolute Gasteiger partial charge is 0.126 e. The number of nitrogens with one attached hydrogen (secondary N) is 1. The van der Waals surface area contributed by atoms with Crippen LogP contribution in [0.2, 0.25) is 0 Å². The first kappa shape index (κ1) is 13.5. The molecule has 0 spiro atoms. The van der Waals surface area contributed by atoms with E-state index in [1.165, 1.54) is 0 Å². The topological polar surface area (TPSA) is 45.1 Å². The van der Waals surface area contributed by atoms with Crippen LogP contribution >= 0.6 is 15.9 Å². The fraction of sp³-hybridized carbons (Fsp3) is 0.583. The lowest BCUT2D eigenvalue weighted by Gasteiger charge is -2.30. The van der Waals surface area contributed by atoms with E-state index in [0.717, 1.165) is 16.7 Å². The maximum atomic E-state index is 10.2. The molecule has 2 N–H and O–H groups in total. The molecule has 0 bridgehead atoms. The van der Waals surface area contributed by atoms with Crippen LogP contribution in [0.1, 0.15) is 27.2 Å². The number of aromatic nitrogens is 1. The van der Waals surface area contributed by atoms with Gasteiger partial charge in [-0.2, -0.15) is 0 Å². The zero-order valence-corrected chi connectivity index (χ0v) is 11.6. The fourth-order valence-corrected chi connectivity index (χ4v) is 1.60. The van der Waals surface area contributed by atoms with Crippen LogP contribution in [0.4, 0.5) is 5.82 Å². The van der Waals surface area contributed by atoms with Gasteiger partial charge in [0.2, 0.25) is 0 Å². The van der Waals surface area contributed by atoms with Gasteiger partial charge in [0.15, 0.2) is 0 Å². The molecule has 0 aromatic carbocycles. The van der Waals surface area contributed by atoms with Crippen molar-refractivity contribution in [2.45, 2.75) is 32.8 Å². The Bertz CT molecular complexity index is 324. The maximum absolute atomic E-state index is 10.2. The van der Waals surface area contributed by atoms with Crippen LogP contribution in [0, 0.1) is 5.92 Å². The Hall–Kier alpha value is -0.610. The molecule has 2 atom stereocenters. The van der Waals surface area contributed by atoms with Crippen molar-refractivity contribution in [1.82, 2.24) is 4.98 Å². The summed E-state index contributed by atoms with van der Waals surface area (Å²) in [5, 5.41) is 13.3. The molecule has 1 aromatic rings. The number of hydrogen-bond donors (Lipinski definition) is 2. The van der Waals surface area contributed by atoms with Crippen LogP contribution < -0.4 is 5.32 Å². The molecular formula is C12H19BrN2O. The quantitative estimate of drug-likeness (QED) is 0.875. The zero-order chi connectivity index (χ0) is 12.2. The number of aliphatic hydroxyl groups is 1. The van der Waals surface area contributed by atoms with E-state index in [9.17, 15) is 5.11 Å². The third-order valence-corrected chi connectivity index (χ3v) is 3.50. The first-order valence-corrected chi connectivity index (χ1v) is 6.33. The van der Waals surface area contributed by atoms with E-state index in [1.807, 2.05) is 19.1 Å². The molecule has 3 nitrogen and oxygen atoms in total. The van der Waals surface area contributed by atoms with Gasteiger partial charge in [-0.25, -0.2) is 4.98 Å². The van der Waals surface area contributed by atoms with Gasteiger partial charge in [0.05, 0.1) is 5.60 Å². The average molecular weight is 287 g/mol. The summed E-state index contributed by atoms with van der Waals surface area (Å²) in [5.41, 5.74) is -0.705. The molecule has 0 saturated carbocycles. The summed E-state index contributed by atoms with van der Waals surface area (Å²) in [6.45, 7) is 6.50. The van der Waals surface area contributed by atoms with Gasteiger partial charge < -0.3 is 10.4 Å². The predicted octanol–water partition coefficient (Wildman–Crippen LogP) is 3.05. The molecule has 0 amide bonds. The molecule has 0 aliphatic rings. The molecule has 1 heterocycles. The summed E-state index contributed by atoms with van der Waals surface area (Å²) < 4.78 is 0.951. The van der Waals surface area contributed by atoms with Crippen molar-refractivity contribution >= 4 is 21.7 Å². The Kier molecular flexibility index (Phi) is 4.74. The van der Waals surface area contributed by atoms with E-state index < -0.39 is 5.60 Å². The lowest BCUT2D eigenvalue weighted by molar-refractivity contribution is 0.0175. The van der Waals surface area contributed by atoms with E-state index in [-0.39, 0.29) is 5.92 Å². The number of halogens is 1. The molecule has 0 aliphatic heterocycles. The number of hydrogen-bond acceptors (Lipinski definition) is 3. The largest absolute Gasteiger partial charge is 0.388 e. The van der Waals surface area contributed by atoms with Gasteiger partial charge in [-0.15, -0.1) is 0 Å². The Morgan fingerprint density at radius 2 is 2.25 bits per heavy atom. The highest BCUT2D eigenvalue weighted by atomic mass is 79.9. The van der Waals surface area contributed by atoms with E-state index in [0.29, 0.717) is 6.54 Å². The van der Waals surface area contributed by atoms with Gasteiger partial charge >= 0.3 is 0 Å². The molecule has 0 radical (unpaired) electrons. The Morgan fingerprint density at radius 3 is 2.75 bits per heavy atom. The summed E-state index contributed by atoms with van der Waals surface area (Å²) >= 11 is 3.33. The van der Waals surface area contributed by atoms with Crippen molar-refractivity contribution < 1.29 is 5.11 Å². The second-order valence-electron chi connectivity index (χ2n) is 4.38. The summed E-state index contributed by atoms with van der Waals surface area (Å²) in [5.74, 6) is 1.04. The molecule has 2 unspecified atom stereocenters. The summed E-state index contributed by atoms with van der Waals surface area (Å²) in [7, 11) is 0. The molecule has 90 valence electrons. The van der Waals surface area contributed by atoms with Crippen molar-refractivity contribution in [3.63, 3.8) is 0 Å². The molecule has 0 aliphatic carbocycles. The number of anilines is 1. The molecule has 16 heavy (non-hydrogen) atoms. The van der Waals surface area contributed by atoms with Gasteiger partial charge in [0.1, 0.15) is 5.82 Å². The van der Waals surface area contributed by atoms with Crippen LogP contribution in [-0.2, 0) is 0 Å². The van der Waals surface area contributed by atoms with Crippen molar-refractivity contribution in [2.75, 3.05) is 11.9 Å². The molecular weight excluding hydrogens is 268 g/mol. The molecule has 0 saturated heterocycles. The van der Waals surface area contributed by atoms with Crippen molar-refractivity contribution in [3.05, 3.63) is 22.8 Å². The van der Waals surface area contributed by atoms with Crippen LogP contribution in [0.25, 0.3) is 0 Å². The van der Waals surface area contributed by atoms with E-state index in [1.54, 1.807) is 6.20 Å². The van der Waals surface area contributed by atoms with Gasteiger partial charge in [0, 0.05) is 17.2 Å². The number of nitrogens with zero attached hydrogens (tertiary/aromatic N) is 1. The van der Waals surface area contributed by atoms with Gasteiger partial charge in [-0.1, -0.05) is 20.3 Å². The Morgan fingerprint density at radius 1 is 1.56 bits per heavy atom. The van der Waals surface area contributed by atoms with Crippen molar-refractivity contribution in [1.29, 1.82) is 0 Å². The normalized spacial score (nSPS) is 16.6. The molecule has 0 fully saturated rings. The summed E-state index contributed by atoms with van der Waals surface area (Å²) in [6.07, 6.45) is 2.70. The highest BCUT2D eigenvalue weighted by molar-refractivity contribution is 9.10. The number of rotatable bonds is 5. The maximum Gasteiger partial charge on any atom is 0.126 e. The molecule has 1 rings (SSSR count). The van der Waals surface area contributed by atoms with Gasteiger partial charge in [0.25, 0.3) is 0 Å². The zero-order valence-electron chi connectivity index (χ0n) is 10.00. The Balaban J connectivity index is 2.54. The van der Waals surface area contributed by atoms with E-state index in [2.05, 4.69) is 40.1 Å². The minimum Gasteiger partial charge on any atom is -0.388 e. The standard InChI is InChI=1S/C12H19BrN2O/c1-4-9(2)12(3,16)8-15-11-6-5-10(13)7-14-11/h5-7,9,16H,4,8H2,1-3H3,(H,14,15). The monoisotopic (exact) mass is 286 g/mol. The molecule has 1 aromatic heterocycles. The first-order valence-electron chi connectivity index (χ1n) is 5.53. The summed E-state index contributed by atoms with van der Waals surface area (Å²) in [4.78, 5) is 4.20. The van der Waals surface area contributed by atoms with E-state index >= 15 is 0 Å². The third-order valence-electron chi connectivity index (χ3n) is 3.03. The van der Waals surface area contributed by atoms with Gasteiger partial charge in [-0.3, -0.25) is 0 Å². The SMILES string of the molecule is CCC(C)C(C)(O)CNc1ccc(Br)cn1. The first-order chi connectivity index (χ1) is 7.45. The second-order valence-corrected chi connectivity index (χ2v) is 5.30. The van der Waals surface area contributed by atoms with Crippen LogP contribution in [0.15, 0.2) is 22.8 Å². The van der Waals surface area contributed by atoms with Crippen LogP contribution in [0.5, 0.6) is 0 Å².